The fraction of sp³-hybridized carbons (Fsp3) is 0.800. The van der Waals surface area contributed by atoms with Crippen molar-refractivity contribution in [1.82, 2.24) is 10.6 Å². The Kier molecular flexibility index (Phi) is 18.4. The van der Waals surface area contributed by atoms with Gasteiger partial charge < -0.3 is 48.6 Å². The Morgan fingerprint density at radius 3 is 1.50 bits per heavy atom. The normalized spacial score (nSPS) is 22.4. The number of nitrogens with one attached hydrogen (secondary N) is 2. The summed E-state index contributed by atoms with van der Waals surface area (Å²) in [6.07, 6.45) is 22.1. The third-order valence-corrected chi connectivity index (χ3v) is 7.31. The van der Waals surface area contributed by atoms with Gasteiger partial charge in [-0.3, -0.25) is 9.59 Å². The first kappa shape index (κ1) is 35.1. The fourth-order valence-corrected chi connectivity index (χ4v) is 4.57. The van der Waals surface area contributed by atoms with Crippen LogP contribution in [-0.4, -0.2) is 81.0 Å². The molecule has 2 heterocycles. The number of rotatable bonds is 22. The third-order valence-electron chi connectivity index (χ3n) is 7.31. The Morgan fingerprint density at radius 1 is 0.684 bits per heavy atom. The SMILES string of the molecule is CCCCCC1OC1C/C=C/CC(=O)NCC[N+](C)(C)CCNC(=O)C/C=C/CC1OC1CCCCC.[I-]. The van der Waals surface area contributed by atoms with Gasteiger partial charge >= 0.3 is 0 Å². The molecule has 0 spiro atoms. The Morgan fingerprint density at radius 2 is 1.11 bits per heavy atom. The van der Waals surface area contributed by atoms with Crippen LogP contribution in [0.5, 0.6) is 0 Å². The Hall–Kier alpha value is -0.970. The van der Waals surface area contributed by atoms with Crippen LogP contribution in [0.15, 0.2) is 24.3 Å². The van der Waals surface area contributed by atoms with E-state index in [1.54, 1.807) is 0 Å². The van der Waals surface area contributed by atoms with Crippen molar-refractivity contribution in [1.29, 1.82) is 0 Å². The number of carbonyl (C=O) groups is 2. The molecule has 0 aromatic rings. The molecule has 220 valence electrons. The third kappa shape index (κ3) is 16.9. The highest BCUT2D eigenvalue weighted by Crippen LogP contribution is 2.31. The van der Waals surface area contributed by atoms with Gasteiger partial charge in [0.1, 0.15) is 0 Å². The number of likely N-dealkylation sites (N-methyl/N-ethyl adjacent to an activating group) is 1. The molecule has 0 aromatic heterocycles. The maximum absolute atomic E-state index is 12.1. The maximum atomic E-state index is 12.1. The van der Waals surface area contributed by atoms with Crippen LogP contribution in [-0.2, 0) is 19.1 Å². The van der Waals surface area contributed by atoms with E-state index < -0.39 is 0 Å². The molecule has 4 unspecified atom stereocenters. The Bertz CT molecular complexity index is 670. The number of halogens is 1. The first-order valence-corrected chi connectivity index (χ1v) is 14.8. The number of amides is 2. The van der Waals surface area contributed by atoms with E-state index in [4.69, 9.17) is 9.47 Å². The van der Waals surface area contributed by atoms with E-state index in [2.05, 4.69) is 50.7 Å². The van der Waals surface area contributed by atoms with E-state index in [1.165, 1.54) is 38.5 Å². The van der Waals surface area contributed by atoms with Gasteiger partial charge in [0.25, 0.3) is 0 Å². The highest BCUT2D eigenvalue weighted by molar-refractivity contribution is 5.77. The summed E-state index contributed by atoms with van der Waals surface area (Å²) in [5.74, 6) is 0.104. The number of quaternary nitrogens is 1. The second kappa shape index (κ2) is 20.0. The largest absolute Gasteiger partial charge is 1.00 e. The van der Waals surface area contributed by atoms with Crippen LogP contribution in [0.3, 0.4) is 0 Å². The van der Waals surface area contributed by atoms with Crippen LogP contribution in [0, 0.1) is 0 Å². The minimum Gasteiger partial charge on any atom is -1.00 e. The maximum Gasteiger partial charge on any atom is 0.224 e. The Balaban J connectivity index is 0.00000722. The van der Waals surface area contributed by atoms with Crippen LogP contribution in [0.4, 0.5) is 0 Å². The molecule has 2 N–H and O–H groups in total. The minimum absolute atomic E-state index is 0. The Labute approximate surface area is 249 Å². The zero-order valence-corrected chi connectivity index (χ0v) is 26.5. The molecule has 0 aliphatic carbocycles. The molecule has 0 bridgehead atoms. The van der Waals surface area contributed by atoms with Crippen LogP contribution in [0.1, 0.15) is 90.9 Å². The molecule has 2 aliphatic rings. The van der Waals surface area contributed by atoms with Crippen molar-refractivity contribution < 1.29 is 47.5 Å². The summed E-state index contributed by atoms with van der Waals surface area (Å²) in [5, 5.41) is 6.01. The van der Waals surface area contributed by atoms with E-state index >= 15 is 0 Å². The summed E-state index contributed by atoms with van der Waals surface area (Å²) in [4.78, 5) is 24.2. The van der Waals surface area contributed by atoms with Crippen molar-refractivity contribution in [2.45, 2.75) is 115 Å². The number of ether oxygens (including phenoxy) is 2. The average molecular weight is 648 g/mol. The van der Waals surface area contributed by atoms with Gasteiger partial charge in [0, 0.05) is 12.8 Å². The number of nitrogens with zero attached hydrogens (tertiary/aromatic N) is 1. The highest BCUT2D eigenvalue weighted by atomic mass is 127. The van der Waals surface area contributed by atoms with E-state index in [-0.39, 0.29) is 35.8 Å². The second-order valence-electron chi connectivity index (χ2n) is 11.3. The quantitative estimate of drug-likeness (QED) is 0.0617. The van der Waals surface area contributed by atoms with E-state index in [9.17, 15) is 9.59 Å². The molecule has 7 nitrogen and oxygen atoms in total. The lowest BCUT2D eigenvalue weighted by Crippen LogP contribution is -3.00. The lowest BCUT2D eigenvalue weighted by molar-refractivity contribution is -0.887. The second-order valence-corrected chi connectivity index (χ2v) is 11.3. The summed E-state index contributed by atoms with van der Waals surface area (Å²) in [6.45, 7) is 7.34. The number of unbranched alkanes of at least 4 members (excludes halogenated alkanes) is 4. The molecule has 2 amide bonds. The monoisotopic (exact) mass is 647 g/mol. The van der Waals surface area contributed by atoms with Crippen molar-refractivity contribution in [2.75, 3.05) is 40.3 Å². The standard InChI is InChI=1S/C30H53N3O4.HI/c1-5-7-9-15-25-27(36-25)17-11-13-19-29(34)31-21-23-33(3,4)24-22-32-30(35)20-14-12-18-28-26(37-28)16-10-8-6-2;/h11-14,25-28H,5-10,15-24H2,1-4H3,(H-,31,32,34,35);1H/b13-11+,14-12+;. The molecule has 8 heteroatoms. The lowest BCUT2D eigenvalue weighted by Gasteiger charge is -2.29. The van der Waals surface area contributed by atoms with Crippen molar-refractivity contribution >= 4 is 11.8 Å². The van der Waals surface area contributed by atoms with Crippen LogP contribution < -0.4 is 34.6 Å². The average Bonchev–Trinajstić information content (AvgIpc) is 3.77. The van der Waals surface area contributed by atoms with Gasteiger partial charge in [-0.2, -0.15) is 0 Å². The highest BCUT2D eigenvalue weighted by Gasteiger charge is 2.37. The molecule has 2 saturated heterocycles. The molecular formula is C30H54IN3O4. The van der Waals surface area contributed by atoms with Crippen LogP contribution in [0.25, 0.3) is 0 Å². The summed E-state index contributed by atoms with van der Waals surface area (Å²) in [6, 6.07) is 0. The smallest absolute Gasteiger partial charge is 0.224 e. The van der Waals surface area contributed by atoms with Gasteiger partial charge in [0.2, 0.25) is 11.8 Å². The topological polar surface area (TPSA) is 83.3 Å². The zero-order valence-electron chi connectivity index (χ0n) is 24.4. The summed E-state index contributed by atoms with van der Waals surface area (Å²) in [5.41, 5.74) is 0. The number of hydrogen-bond donors (Lipinski definition) is 2. The first-order chi connectivity index (χ1) is 17.8. The van der Waals surface area contributed by atoms with Crippen molar-refractivity contribution in [3.05, 3.63) is 24.3 Å². The summed E-state index contributed by atoms with van der Waals surface area (Å²) >= 11 is 0. The lowest BCUT2D eigenvalue weighted by atomic mass is 10.1. The minimum atomic E-state index is 0. The predicted molar refractivity (Wildman–Crippen MR) is 150 cm³/mol. The van der Waals surface area contributed by atoms with E-state index in [0.717, 1.165) is 43.3 Å². The van der Waals surface area contributed by atoms with Crippen molar-refractivity contribution in [3.8, 4) is 0 Å². The molecule has 0 saturated carbocycles. The van der Waals surface area contributed by atoms with Gasteiger partial charge in [-0.25, -0.2) is 0 Å². The van der Waals surface area contributed by atoms with E-state index in [1.807, 2.05) is 12.2 Å². The van der Waals surface area contributed by atoms with Crippen molar-refractivity contribution in [3.63, 3.8) is 0 Å². The van der Waals surface area contributed by atoms with Crippen LogP contribution >= 0.6 is 0 Å². The molecule has 2 fully saturated rings. The van der Waals surface area contributed by atoms with Gasteiger partial charge in [0.05, 0.1) is 64.7 Å². The number of hydrogen-bond acceptors (Lipinski definition) is 4. The van der Waals surface area contributed by atoms with Gasteiger partial charge in [-0.05, 0) is 25.7 Å². The van der Waals surface area contributed by atoms with Gasteiger partial charge in [-0.15, -0.1) is 0 Å². The molecule has 0 radical (unpaired) electrons. The van der Waals surface area contributed by atoms with Crippen LogP contribution in [0.2, 0.25) is 0 Å². The van der Waals surface area contributed by atoms with Gasteiger partial charge in [-0.1, -0.05) is 76.7 Å². The van der Waals surface area contributed by atoms with Crippen molar-refractivity contribution in [2.24, 2.45) is 0 Å². The first-order valence-electron chi connectivity index (χ1n) is 14.8. The molecule has 38 heavy (non-hydrogen) atoms. The molecular weight excluding hydrogens is 593 g/mol. The summed E-state index contributed by atoms with van der Waals surface area (Å²) < 4.78 is 12.1. The van der Waals surface area contributed by atoms with E-state index in [0.29, 0.717) is 50.3 Å². The molecule has 2 rings (SSSR count). The number of carbonyl (C=O) groups excluding carboxylic acids is 2. The molecule has 2 aliphatic heterocycles. The predicted octanol–water partition coefficient (Wildman–Crippen LogP) is 1.67. The molecule has 4 atom stereocenters. The zero-order chi connectivity index (χ0) is 26.9. The molecule has 0 aromatic carbocycles. The number of epoxide rings is 2. The summed E-state index contributed by atoms with van der Waals surface area (Å²) in [7, 11) is 4.24. The fourth-order valence-electron chi connectivity index (χ4n) is 4.57. The van der Waals surface area contributed by atoms with Gasteiger partial charge in [0.15, 0.2) is 0 Å².